The van der Waals surface area contributed by atoms with Gasteiger partial charge in [0.2, 0.25) is 5.95 Å². The number of rotatable bonds is 7. The molecule has 0 spiro atoms. The molecule has 5 rings (SSSR count). The maximum absolute atomic E-state index is 13.7. The molecule has 0 radical (unpaired) electrons. The first-order chi connectivity index (χ1) is 17.4. The molecule has 3 N–H and O–H groups in total. The summed E-state index contributed by atoms with van der Waals surface area (Å²) < 4.78 is 4.14. The molecule has 2 aromatic heterocycles. The summed E-state index contributed by atoms with van der Waals surface area (Å²) in [6.45, 7) is 0.0277. The van der Waals surface area contributed by atoms with E-state index in [1.165, 1.54) is 4.57 Å². The number of hydrogen-bond donors (Lipinski definition) is 2. The highest BCUT2D eigenvalue weighted by Gasteiger charge is 2.26. The highest BCUT2D eigenvalue weighted by molar-refractivity contribution is 5.95. The minimum atomic E-state index is -0.581. The van der Waals surface area contributed by atoms with E-state index in [4.69, 9.17) is 10.7 Å². The second-order valence-corrected chi connectivity index (χ2v) is 9.40. The summed E-state index contributed by atoms with van der Waals surface area (Å²) in [4.78, 5) is 44.5. The molecule has 1 aliphatic carbocycles. The second kappa shape index (κ2) is 9.94. The van der Waals surface area contributed by atoms with Crippen molar-refractivity contribution in [1.29, 1.82) is 0 Å². The van der Waals surface area contributed by atoms with Crippen LogP contribution in [-0.2, 0) is 20.1 Å². The van der Waals surface area contributed by atoms with E-state index in [0.29, 0.717) is 18.1 Å². The van der Waals surface area contributed by atoms with Gasteiger partial charge in [-0.15, -0.1) is 0 Å². The molecule has 1 saturated carbocycles. The van der Waals surface area contributed by atoms with Crippen LogP contribution in [-0.4, -0.2) is 36.6 Å². The van der Waals surface area contributed by atoms with Gasteiger partial charge >= 0.3 is 5.69 Å². The number of aryl methyl sites for hydroxylation is 1. The Kier molecular flexibility index (Phi) is 6.56. The van der Waals surface area contributed by atoms with Gasteiger partial charge in [-0.3, -0.25) is 23.3 Å². The normalized spacial score (nSPS) is 17.8. The Morgan fingerprint density at radius 2 is 1.67 bits per heavy atom. The minimum absolute atomic E-state index is 0.0176. The molecule has 2 atom stereocenters. The summed E-state index contributed by atoms with van der Waals surface area (Å²) in [7, 11) is 1.57. The number of nitrogens with one attached hydrogen (secondary N) is 1. The molecular formula is C27H30N6O3. The first kappa shape index (κ1) is 23.7. The molecule has 1 aliphatic rings. The van der Waals surface area contributed by atoms with E-state index in [0.717, 1.165) is 35.8 Å². The first-order valence-corrected chi connectivity index (χ1v) is 12.3. The van der Waals surface area contributed by atoms with Gasteiger partial charge in [0.1, 0.15) is 0 Å². The third-order valence-electron chi connectivity index (χ3n) is 6.95. The van der Waals surface area contributed by atoms with E-state index in [1.54, 1.807) is 35.9 Å². The third-order valence-corrected chi connectivity index (χ3v) is 6.95. The molecule has 2 heterocycles. The lowest BCUT2D eigenvalue weighted by molar-refractivity contribution is 0.0969. The molecule has 0 unspecified atom stereocenters. The first-order valence-electron chi connectivity index (χ1n) is 12.3. The van der Waals surface area contributed by atoms with Crippen LogP contribution in [0.25, 0.3) is 11.2 Å². The van der Waals surface area contributed by atoms with E-state index in [1.807, 2.05) is 36.4 Å². The lowest BCUT2D eigenvalue weighted by Gasteiger charge is -2.29. The van der Waals surface area contributed by atoms with E-state index in [9.17, 15) is 14.4 Å². The fourth-order valence-corrected chi connectivity index (χ4v) is 4.90. The van der Waals surface area contributed by atoms with Crippen LogP contribution >= 0.6 is 0 Å². The second-order valence-electron chi connectivity index (χ2n) is 9.40. The molecule has 36 heavy (non-hydrogen) atoms. The molecule has 9 nitrogen and oxygen atoms in total. The molecule has 2 aromatic carbocycles. The van der Waals surface area contributed by atoms with Gasteiger partial charge < -0.3 is 11.1 Å². The SMILES string of the molecule is Cn1c(=O)n(CC(=O)c2ccccc2)c(=O)c2c1nc(N[C@@H]1CCCC[C@@H]1N)n2Cc1ccccc1. The molecule has 9 heteroatoms. The van der Waals surface area contributed by atoms with Crippen molar-refractivity contribution in [3.8, 4) is 0 Å². The Hall–Kier alpha value is -3.98. The molecule has 4 aromatic rings. The minimum Gasteiger partial charge on any atom is -0.351 e. The van der Waals surface area contributed by atoms with E-state index >= 15 is 0 Å². The van der Waals surface area contributed by atoms with Gasteiger partial charge in [0, 0.05) is 24.7 Å². The number of carbonyl (C=O) groups is 1. The zero-order valence-electron chi connectivity index (χ0n) is 20.3. The van der Waals surface area contributed by atoms with Crippen molar-refractivity contribution in [3.05, 3.63) is 92.6 Å². The number of nitrogens with two attached hydrogens (primary N) is 1. The molecule has 0 bridgehead atoms. The number of fused-ring (bicyclic) bond motifs is 1. The fourth-order valence-electron chi connectivity index (χ4n) is 4.90. The zero-order chi connectivity index (χ0) is 25.2. The highest BCUT2D eigenvalue weighted by atomic mass is 16.2. The van der Waals surface area contributed by atoms with Crippen molar-refractivity contribution in [2.24, 2.45) is 12.8 Å². The van der Waals surface area contributed by atoms with Gasteiger partial charge in [-0.05, 0) is 18.4 Å². The summed E-state index contributed by atoms with van der Waals surface area (Å²) in [6.07, 6.45) is 3.99. The monoisotopic (exact) mass is 486 g/mol. The number of aromatic nitrogens is 4. The van der Waals surface area contributed by atoms with Crippen molar-refractivity contribution in [2.45, 2.75) is 50.9 Å². The lowest BCUT2D eigenvalue weighted by Crippen LogP contribution is -2.43. The molecule has 0 saturated heterocycles. The van der Waals surface area contributed by atoms with Crippen molar-refractivity contribution < 1.29 is 4.79 Å². The summed E-state index contributed by atoms with van der Waals surface area (Å²) in [6, 6.07) is 18.4. The number of ketones is 1. The Bertz CT molecular complexity index is 1500. The number of carbonyl (C=O) groups excluding carboxylic acids is 1. The molecule has 0 aliphatic heterocycles. The van der Waals surface area contributed by atoms with Crippen LogP contribution in [0.5, 0.6) is 0 Å². The Morgan fingerprint density at radius 1 is 1.00 bits per heavy atom. The zero-order valence-corrected chi connectivity index (χ0v) is 20.3. The van der Waals surface area contributed by atoms with Crippen LogP contribution in [0.1, 0.15) is 41.6 Å². The molecular weight excluding hydrogens is 456 g/mol. The van der Waals surface area contributed by atoms with Gasteiger partial charge in [-0.1, -0.05) is 73.5 Å². The standard InChI is InChI=1S/C27H30N6O3/c1-31-24-23(25(35)33(27(31)36)17-22(34)19-12-6-3-7-13-19)32(16-18-10-4-2-5-11-18)26(30-24)29-21-15-9-8-14-20(21)28/h2-7,10-13,20-21H,8-9,14-17,28H2,1H3,(H,29,30)/t20-,21+/m0/s1. The molecule has 1 fully saturated rings. The highest BCUT2D eigenvalue weighted by Crippen LogP contribution is 2.24. The van der Waals surface area contributed by atoms with Crippen molar-refractivity contribution in [3.63, 3.8) is 0 Å². The van der Waals surface area contributed by atoms with Crippen LogP contribution in [0.15, 0.2) is 70.3 Å². The summed E-state index contributed by atoms with van der Waals surface area (Å²) in [5.41, 5.74) is 7.23. The van der Waals surface area contributed by atoms with Gasteiger partial charge in [-0.25, -0.2) is 4.79 Å². The Balaban J connectivity index is 1.64. The summed E-state index contributed by atoms with van der Waals surface area (Å²) >= 11 is 0. The van der Waals surface area contributed by atoms with Crippen molar-refractivity contribution in [2.75, 3.05) is 5.32 Å². The maximum Gasteiger partial charge on any atom is 0.332 e. The summed E-state index contributed by atoms with van der Waals surface area (Å²) in [5, 5.41) is 3.47. The average Bonchev–Trinajstić information content (AvgIpc) is 3.25. The van der Waals surface area contributed by atoms with Crippen molar-refractivity contribution >= 4 is 22.9 Å². The average molecular weight is 487 g/mol. The number of Topliss-reactive ketones (excluding diaryl/α,β-unsaturated/α-hetero) is 1. The Labute approximate surface area is 208 Å². The smallest absolute Gasteiger partial charge is 0.332 e. The van der Waals surface area contributed by atoms with E-state index in [2.05, 4.69) is 5.32 Å². The molecule has 0 amide bonds. The fraction of sp³-hybridized carbons (Fsp3) is 0.333. The van der Waals surface area contributed by atoms with Gasteiger partial charge in [0.05, 0.1) is 13.1 Å². The maximum atomic E-state index is 13.7. The molecule has 186 valence electrons. The largest absolute Gasteiger partial charge is 0.351 e. The van der Waals surface area contributed by atoms with Crippen LogP contribution in [0.4, 0.5) is 5.95 Å². The predicted octanol–water partition coefficient (Wildman–Crippen LogP) is 2.51. The van der Waals surface area contributed by atoms with Crippen LogP contribution in [0, 0.1) is 0 Å². The lowest BCUT2D eigenvalue weighted by atomic mass is 9.91. The number of hydrogen-bond acceptors (Lipinski definition) is 6. The van der Waals surface area contributed by atoms with Crippen molar-refractivity contribution in [1.82, 2.24) is 18.7 Å². The van der Waals surface area contributed by atoms with Crippen LogP contribution in [0.3, 0.4) is 0 Å². The van der Waals surface area contributed by atoms with E-state index < -0.39 is 11.2 Å². The Morgan fingerprint density at radius 3 is 2.36 bits per heavy atom. The van der Waals surface area contributed by atoms with Gasteiger partial charge in [0.25, 0.3) is 5.56 Å². The van der Waals surface area contributed by atoms with Gasteiger partial charge in [0.15, 0.2) is 16.9 Å². The quantitative estimate of drug-likeness (QED) is 0.388. The van der Waals surface area contributed by atoms with E-state index in [-0.39, 0.29) is 35.6 Å². The summed E-state index contributed by atoms with van der Waals surface area (Å²) in [5.74, 6) is 0.185. The number of nitrogens with zero attached hydrogens (tertiary/aromatic N) is 4. The van der Waals surface area contributed by atoms with Crippen LogP contribution < -0.4 is 22.3 Å². The van der Waals surface area contributed by atoms with Crippen LogP contribution in [0.2, 0.25) is 0 Å². The topological polar surface area (TPSA) is 117 Å². The van der Waals surface area contributed by atoms with Gasteiger partial charge in [-0.2, -0.15) is 4.98 Å². The third kappa shape index (κ3) is 4.49. The number of benzene rings is 2. The number of imidazole rings is 1. The number of anilines is 1. The predicted molar refractivity (Wildman–Crippen MR) is 139 cm³/mol.